The predicted molar refractivity (Wildman–Crippen MR) is 159 cm³/mol. The van der Waals surface area contributed by atoms with E-state index in [0.717, 1.165) is 103 Å². The molecule has 0 aromatic carbocycles. The Hall–Kier alpha value is -0.588. The normalized spacial score (nSPS) is 9.81. The third-order valence-electron chi connectivity index (χ3n) is 6.43. The summed E-state index contributed by atoms with van der Waals surface area (Å²) in [6.45, 7) is 15.9. The molecule has 10 heteroatoms. The molecular formula is C32H60AlNaO8. The van der Waals surface area contributed by atoms with E-state index in [1.807, 2.05) is 55.4 Å². The standard InChI is InChI=1S/4C8H16O2.Al.Na/c4*1-3-5-7(6-4-2)8(9)10;;/h4*7H,3-6H2,1-2H3,(H,9,10);;/q;;;;+3;+1/p-4. The SMILES string of the molecule is CCCC(CCC)C(=O)[O-].CCCC(CCC)C(=O)[O-].CCCC(CCC)C(=O)[O-].CCCC(CCC)C(=O)[O-].[Al+3].[Na+]. The Kier molecular flexibility index (Phi) is 51.9. The van der Waals surface area contributed by atoms with E-state index in [-0.39, 0.29) is 70.6 Å². The second-order valence-corrected chi connectivity index (χ2v) is 10.4. The predicted octanol–water partition coefficient (Wildman–Crippen LogP) is 0.434. The van der Waals surface area contributed by atoms with Gasteiger partial charge in [-0.25, -0.2) is 0 Å². The monoisotopic (exact) mass is 622 g/mol. The van der Waals surface area contributed by atoms with Gasteiger partial charge in [-0.3, -0.25) is 0 Å². The molecule has 0 aliphatic heterocycles. The van der Waals surface area contributed by atoms with Gasteiger partial charge in [-0.1, -0.05) is 107 Å². The minimum Gasteiger partial charge on any atom is -0.550 e. The molecule has 0 spiro atoms. The molecule has 0 unspecified atom stereocenters. The summed E-state index contributed by atoms with van der Waals surface area (Å²) in [5.74, 6) is -4.39. The van der Waals surface area contributed by atoms with Crippen LogP contribution in [0.25, 0.3) is 0 Å². The van der Waals surface area contributed by atoms with Gasteiger partial charge in [0, 0.05) is 23.9 Å². The summed E-state index contributed by atoms with van der Waals surface area (Å²) >= 11 is 0. The Morgan fingerprint density at radius 3 is 0.500 bits per heavy atom. The van der Waals surface area contributed by atoms with Crippen molar-refractivity contribution >= 4 is 41.2 Å². The number of hydrogen-bond acceptors (Lipinski definition) is 8. The minimum absolute atomic E-state index is 0. The average molecular weight is 623 g/mol. The van der Waals surface area contributed by atoms with E-state index in [2.05, 4.69) is 0 Å². The van der Waals surface area contributed by atoms with Crippen LogP contribution in [0.5, 0.6) is 0 Å². The van der Waals surface area contributed by atoms with Gasteiger partial charge in [-0.15, -0.1) is 0 Å². The first kappa shape index (κ1) is 53.9. The van der Waals surface area contributed by atoms with Gasteiger partial charge >= 0.3 is 46.9 Å². The first-order chi connectivity index (χ1) is 18.9. The molecule has 0 fully saturated rings. The smallest absolute Gasteiger partial charge is 0.550 e. The molecule has 0 radical (unpaired) electrons. The van der Waals surface area contributed by atoms with Crippen molar-refractivity contribution in [2.45, 2.75) is 158 Å². The molecule has 0 aromatic heterocycles. The Labute approximate surface area is 290 Å². The molecule has 0 N–H and O–H groups in total. The zero-order valence-corrected chi connectivity index (χ0v) is 31.6. The van der Waals surface area contributed by atoms with Crippen LogP contribution in [0.15, 0.2) is 0 Å². The summed E-state index contributed by atoms with van der Waals surface area (Å²) in [5.41, 5.74) is 0. The Balaban J connectivity index is -0.000000101. The van der Waals surface area contributed by atoms with Gasteiger partial charge in [-0.05, 0) is 75.0 Å². The van der Waals surface area contributed by atoms with Gasteiger partial charge < -0.3 is 39.6 Å². The fourth-order valence-electron chi connectivity index (χ4n) is 4.31. The topological polar surface area (TPSA) is 161 Å². The Morgan fingerprint density at radius 1 is 0.357 bits per heavy atom. The van der Waals surface area contributed by atoms with Gasteiger partial charge in [0.25, 0.3) is 0 Å². The molecule has 0 atom stereocenters. The van der Waals surface area contributed by atoms with Crippen LogP contribution in [0.3, 0.4) is 0 Å². The zero-order valence-electron chi connectivity index (χ0n) is 28.5. The maximum Gasteiger partial charge on any atom is 3.00 e. The molecule has 0 rings (SSSR count). The molecule has 240 valence electrons. The van der Waals surface area contributed by atoms with E-state index in [4.69, 9.17) is 0 Å². The van der Waals surface area contributed by atoms with Gasteiger partial charge in [0.1, 0.15) is 0 Å². The van der Waals surface area contributed by atoms with E-state index >= 15 is 0 Å². The van der Waals surface area contributed by atoms with E-state index < -0.39 is 23.9 Å². The average Bonchev–Trinajstić information content (AvgIpc) is 2.89. The number of aliphatic carboxylic acids is 4. The second kappa shape index (κ2) is 40.4. The fourth-order valence-corrected chi connectivity index (χ4v) is 4.31. The summed E-state index contributed by atoms with van der Waals surface area (Å²) in [6.07, 6.45) is 13.5. The molecule has 0 heterocycles. The van der Waals surface area contributed by atoms with Crippen molar-refractivity contribution in [1.82, 2.24) is 0 Å². The molecule has 0 aromatic rings. The van der Waals surface area contributed by atoms with Gasteiger partial charge in [0.05, 0.1) is 0 Å². The van der Waals surface area contributed by atoms with Gasteiger partial charge in [-0.2, -0.15) is 0 Å². The largest absolute Gasteiger partial charge is 3.00 e. The van der Waals surface area contributed by atoms with Crippen LogP contribution < -0.4 is 50.0 Å². The molecule has 0 amide bonds. The third-order valence-corrected chi connectivity index (χ3v) is 6.43. The quantitative estimate of drug-likeness (QED) is 0.177. The zero-order chi connectivity index (χ0) is 31.9. The number of carbonyl (C=O) groups excluding carboxylic acids is 4. The molecule has 0 aliphatic carbocycles. The summed E-state index contributed by atoms with van der Waals surface area (Å²) in [4.78, 5) is 41.5. The molecule has 0 aliphatic rings. The van der Waals surface area contributed by atoms with Gasteiger partial charge in [0.15, 0.2) is 0 Å². The number of rotatable bonds is 20. The minimum atomic E-state index is -0.885. The van der Waals surface area contributed by atoms with Crippen molar-refractivity contribution in [2.24, 2.45) is 23.7 Å². The second-order valence-electron chi connectivity index (χ2n) is 10.4. The summed E-state index contributed by atoms with van der Waals surface area (Å²) in [7, 11) is 0. The van der Waals surface area contributed by atoms with Crippen LogP contribution in [0.1, 0.15) is 158 Å². The Bertz CT molecular complexity index is 491. The van der Waals surface area contributed by atoms with Crippen LogP contribution in [0.4, 0.5) is 0 Å². The molecule has 42 heavy (non-hydrogen) atoms. The van der Waals surface area contributed by atoms with Crippen molar-refractivity contribution in [3.8, 4) is 0 Å². The van der Waals surface area contributed by atoms with E-state index in [1.54, 1.807) is 0 Å². The number of carboxylic acid groups (broad SMARTS) is 4. The third kappa shape index (κ3) is 37.4. The summed E-state index contributed by atoms with van der Waals surface area (Å²) < 4.78 is 0. The van der Waals surface area contributed by atoms with E-state index in [0.29, 0.717) is 0 Å². The van der Waals surface area contributed by atoms with Crippen molar-refractivity contribution in [1.29, 1.82) is 0 Å². The van der Waals surface area contributed by atoms with Crippen LogP contribution in [0.2, 0.25) is 0 Å². The van der Waals surface area contributed by atoms with Gasteiger partial charge in [0.2, 0.25) is 0 Å². The summed E-state index contributed by atoms with van der Waals surface area (Å²) in [5, 5.41) is 41.5. The fraction of sp³-hybridized carbons (Fsp3) is 0.875. The van der Waals surface area contributed by atoms with Crippen molar-refractivity contribution in [2.75, 3.05) is 0 Å². The first-order valence-corrected chi connectivity index (χ1v) is 15.7. The molecule has 0 saturated heterocycles. The first-order valence-electron chi connectivity index (χ1n) is 15.7. The Morgan fingerprint density at radius 2 is 0.452 bits per heavy atom. The number of carbonyl (C=O) groups is 4. The number of carboxylic acids is 4. The maximum absolute atomic E-state index is 10.4. The molecule has 0 bridgehead atoms. The van der Waals surface area contributed by atoms with Crippen LogP contribution in [0, 0.1) is 23.7 Å². The number of hydrogen-bond donors (Lipinski definition) is 0. The molecular weight excluding hydrogens is 562 g/mol. The molecule has 0 saturated carbocycles. The molecule has 8 nitrogen and oxygen atoms in total. The maximum atomic E-state index is 10.4. The van der Waals surface area contributed by atoms with E-state index in [9.17, 15) is 39.6 Å². The van der Waals surface area contributed by atoms with Crippen molar-refractivity contribution in [3.63, 3.8) is 0 Å². The van der Waals surface area contributed by atoms with E-state index in [1.165, 1.54) is 0 Å². The summed E-state index contributed by atoms with van der Waals surface area (Å²) in [6, 6.07) is 0. The van der Waals surface area contributed by atoms with Crippen LogP contribution in [-0.2, 0) is 19.2 Å². The van der Waals surface area contributed by atoms with Crippen molar-refractivity contribution in [3.05, 3.63) is 0 Å². The van der Waals surface area contributed by atoms with Crippen LogP contribution >= 0.6 is 0 Å². The van der Waals surface area contributed by atoms with Crippen LogP contribution in [-0.4, -0.2) is 41.2 Å². The van der Waals surface area contributed by atoms with Crippen molar-refractivity contribution < 1.29 is 69.2 Å².